The molecule has 2 fully saturated rings. The number of benzene rings is 1. The summed E-state index contributed by atoms with van der Waals surface area (Å²) < 4.78 is 5.40. The fourth-order valence-corrected chi connectivity index (χ4v) is 4.38. The molecular formula is C27H36N6O3. The van der Waals surface area contributed by atoms with Crippen LogP contribution in [0.5, 0.6) is 0 Å². The van der Waals surface area contributed by atoms with Crippen LogP contribution in [-0.4, -0.2) is 55.6 Å². The number of nitrogens with zero attached hydrogens (tertiary/aromatic N) is 2. The quantitative estimate of drug-likeness (QED) is 0.468. The molecule has 0 aliphatic carbocycles. The third-order valence-electron chi connectivity index (χ3n) is 6.46. The van der Waals surface area contributed by atoms with Crippen molar-refractivity contribution in [2.45, 2.75) is 45.4 Å². The Morgan fingerprint density at radius 1 is 1.08 bits per heavy atom. The largest absolute Gasteiger partial charge is 0.381 e. The summed E-state index contributed by atoms with van der Waals surface area (Å²) in [7, 11) is 0. The van der Waals surface area contributed by atoms with E-state index in [1.54, 1.807) is 24.4 Å². The van der Waals surface area contributed by atoms with E-state index in [1.807, 2.05) is 12.1 Å². The molecular weight excluding hydrogens is 456 g/mol. The maximum atomic E-state index is 12.7. The van der Waals surface area contributed by atoms with Crippen LogP contribution >= 0.6 is 0 Å². The van der Waals surface area contributed by atoms with Gasteiger partial charge in [0.2, 0.25) is 0 Å². The molecule has 0 bridgehead atoms. The second-order valence-corrected chi connectivity index (χ2v) is 10.3. The second kappa shape index (κ2) is 11.5. The molecule has 1 aromatic carbocycles. The molecule has 1 aromatic heterocycles. The first-order valence-corrected chi connectivity index (χ1v) is 12.6. The van der Waals surface area contributed by atoms with Crippen molar-refractivity contribution in [1.82, 2.24) is 20.9 Å². The molecule has 0 atom stereocenters. The summed E-state index contributed by atoms with van der Waals surface area (Å²) in [6.07, 6.45) is 4.70. The molecule has 2 aromatic rings. The van der Waals surface area contributed by atoms with Crippen molar-refractivity contribution >= 4 is 29.3 Å². The molecule has 192 valence electrons. The second-order valence-electron chi connectivity index (χ2n) is 10.3. The molecule has 9 nitrogen and oxygen atoms in total. The molecule has 0 unspecified atom stereocenters. The highest BCUT2D eigenvalue weighted by Gasteiger charge is 2.21. The van der Waals surface area contributed by atoms with Crippen LogP contribution in [0.2, 0.25) is 0 Å². The van der Waals surface area contributed by atoms with Gasteiger partial charge in [0, 0.05) is 55.9 Å². The molecule has 3 heterocycles. The Labute approximate surface area is 212 Å². The van der Waals surface area contributed by atoms with E-state index in [4.69, 9.17) is 4.74 Å². The lowest BCUT2D eigenvalue weighted by Gasteiger charge is -2.24. The van der Waals surface area contributed by atoms with Gasteiger partial charge in [-0.1, -0.05) is 20.8 Å². The summed E-state index contributed by atoms with van der Waals surface area (Å²) in [5, 5.41) is 12.5. The van der Waals surface area contributed by atoms with Crippen molar-refractivity contribution in [2.75, 3.05) is 38.2 Å². The van der Waals surface area contributed by atoms with E-state index in [2.05, 4.69) is 52.0 Å². The van der Waals surface area contributed by atoms with Crippen molar-refractivity contribution in [3.63, 3.8) is 0 Å². The number of amides is 2. The molecule has 9 heteroatoms. The third kappa shape index (κ3) is 6.81. The number of rotatable bonds is 7. The van der Waals surface area contributed by atoms with E-state index >= 15 is 0 Å². The van der Waals surface area contributed by atoms with E-state index in [0.29, 0.717) is 35.4 Å². The standard InChI is InChI=1S/C27H36N6O3/c1-27(2,3)21-16-19(25(35)33-26-30-12-13-31-26)4-5-22(21)32-23-17-20(7-11-28-23)24(34)29-10-6-18-8-14-36-15-9-18/h4-5,7,11,16-18H,6,8-10,12-15H2,1-3H3,(H,28,32)(H,29,34)(H2,30,31,33,35). The minimum atomic E-state index is -0.304. The number of anilines is 2. The normalized spacial score (nSPS) is 16.1. The van der Waals surface area contributed by atoms with Crippen molar-refractivity contribution in [3.8, 4) is 0 Å². The Morgan fingerprint density at radius 2 is 1.83 bits per heavy atom. The maximum absolute atomic E-state index is 12.7. The highest BCUT2D eigenvalue weighted by atomic mass is 16.5. The topological polar surface area (TPSA) is 117 Å². The number of aromatic nitrogens is 1. The van der Waals surface area contributed by atoms with Crippen molar-refractivity contribution < 1.29 is 14.3 Å². The third-order valence-corrected chi connectivity index (χ3v) is 6.46. The Hall–Kier alpha value is -3.46. The number of carbonyl (C=O) groups is 2. The van der Waals surface area contributed by atoms with Crippen LogP contribution in [0.15, 0.2) is 41.5 Å². The molecule has 0 saturated carbocycles. The highest BCUT2D eigenvalue weighted by Crippen LogP contribution is 2.32. The van der Waals surface area contributed by atoms with Crippen LogP contribution < -0.4 is 21.3 Å². The lowest BCUT2D eigenvalue weighted by Crippen LogP contribution is -2.27. The van der Waals surface area contributed by atoms with E-state index in [1.165, 1.54) is 0 Å². The molecule has 0 spiro atoms. The van der Waals surface area contributed by atoms with Gasteiger partial charge in [0.25, 0.3) is 11.8 Å². The number of aliphatic imine (C=N–C) groups is 1. The Kier molecular flexibility index (Phi) is 8.20. The van der Waals surface area contributed by atoms with Crippen molar-refractivity contribution in [1.29, 1.82) is 0 Å². The van der Waals surface area contributed by atoms with Gasteiger partial charge in [0.05, 0.1) is 0 Å². The SMILES string of the molecule is CC(C)(C)c1cc(C(=O)N=C2NCCN2)ccc1Nc1cc(C(=O)NCCC2CCOCC2)ccn1. The van der Waals surface area contributed by atoms with Gasteiger partial charge in [0.15, 0.2) is 5.96 Å². The van der Waals surface area contributed by atoms with Crippen LogP contribution in [0.3, 0.4) is 0 Å². The number of pyridine rings is 1. The van der Waals surface area contributed by atoms with Gasteiger partial charge >= 0.3 is 0 Å². The van der Waals surface area contributed by atoms with Crippen molar-refractivity contribution in [2.24, 2.45) is 10.9 Å². The number of nitrogens with one attached hydrogen (secondary N) is 4. The molecule has 2 saturated heterocycles. The predicted molar refractivity (Wildman–Crippen MR) is 141 cm³/mol. The van der Waals surface area contributed by atoms with Crippen LogP contribution in [0.4, 0.5) is 11.5 Å². The zero-order valence-electron chi connectivity index (χ0n) is 21.3. The molecule has 4 N–H and O–H groups in total. The van der Waals surface area contributed by atoms with Crippen LogP contribution in [0.25, 0.3) is 0 Å². The zero-order valence-corrected chi connectivity index (χ0v) is 21.3. The molecule has 36 heavy (non-hydrogen) atoms. The lowest BCUT2D eigenvalue weighted by atomic mass is 9.84. The summed E-state index contributed by atoms with van der Waals surface area (Å²) in [5.74, 6) is 1.26. The first-order valence-electron chi connectivity index (χ1n) is 12.6. The van der Waals surface area contributed by atoms with E-state index in [9.17, 15) is 9.59 Å². The summed E-state index contributed by atoms with van der Waals surface area (Å²) in [6, 6.07) is 8.96. The fraction of sp³-hybridized carbons (Fsp3) is 0.481. The number of hydrogen-bond acceptors (Lipinski definition) is 5. The number of carbonyl (C=O) groups excluding carboxylic acids is 2. The Balaban J connectivity index is 1.45. The molecule has 4 rings (SSSR count). The van der Waals surface area contributed by atoms with Gasteiger partial charge in [-0.2, -0.15) is 4.99 Å². The summed E-state index contributed by atoms with van der Waals surface area (Å²) in [4.78, 5) is 34.0. The average molecular weight is 493 g/mol. The van der Waals surface area contributed by atoms with Crippen LogP contribution in [0, 0.1) is 5.92 Å². The Morgan fingerprint density at radius 3 is 2.56 bits per heavy atom. The maximum Gasteiger partial charge on any atom is 0.280 e. The first kappa shape index (κ1) is 25.6. The molecule has 0 radical (unpaired) electrons. The van der Waals surface area contributed by atoms with Crippen LogP contribution in [0.1, 0.15) is 66.3 Å². The fourth-order valence-electron chi connectivity index (χ4n) is 4.38. The number of guanidine groups is 1. The van der Waals surface area contributed by atoms with Gasteiger partial charge in [-0.15, -0.1) is 0 Å². The van der Waals surface area contributed by atoms with Gasteiger partial charge < -0.3 is 26.0 Å². The summed E-state index contributed by atoms with van der Waals surface area (Å²) >= 11 is 0. The summed E-state index contributed by atoms with van der Waals surface area (Å²) in [6.45, 7) is 10.0. The molecule has 2 amide bonds. The van der Waals surface area contributed by atoms with Gasteiger partial charge in [-0.05, 0) is 66.5 Å². The van der Waals surface area contributed by atoms with E-state index in [-0.39, 0.29) is 17.2 Å². The minimum Gasteiger partial charge on any atom is -0.381 e. The van der Waals surface area contributed by atoms with Crippen molar-refractivity contribution in [3.05, 3.63) is 53.2 Å². The highest BCUT2D eigenvalue weighted by molar-refractivity contribution is 6.03. The number of hydrogen-bond donors (Lipinski definition) is 4. The average Bonchev–Trinajstić information content (AvgIpc) is 3.37. The first-order chi connectivity index (χ1) is 17.3. The minimum absolute atomic E-state index is 0.113. The number of ether oxygens (including phenoxy) is 1. The van der Waals surface area contributed by atoms with E-state index in [0.717, 1.165) is 56.8 Å². The zero-order chi connectivity index (χ0) is 25.5. The monoisotopic (exact) mass is 492 g/mol. The Bertz CT molecular complexity index is 1110. The van der Waals surface area contributed by atoms with Gasteiger partial charge in [-0.25, -0.2) is 4.98 Å². The van der Waals surface area contributed by atoms with Gasteiger partial charge in [-0.3, -0.25) is 9.59 Å². The smallest absolute Gasteiger partial charge is 0.280 e. The summed E-state index contributed by atoms with van der Waals surface area (Å²) in [5.41, 5.74) is 2.60. The molecule has 2 aliphatic heterocycles. The predicted octanol–water partition coefficient (Wildman–Crippen LogP) is 3.36. The van der Waals surface area contributed by atoms with Gasteiger partial charge in [0.1, 0.15) is 5.82 Å². The molecule has 2 aliphatic rings. The van der Waals surface area contributed by atoms with Crippen LogP contribution in [-0.2, 0) is 10.2 Å². The van der Waals surface area contributed by atoms with E-state index < -0.39 is 0 Å². The lowest BCUT2D eigenvalue weighted by molar-refractivity contribution is 0.0636.